The Kier molecular flexibility index (Phi) is 5.60. The number of carbonyl (C=O) groups is 3. The molecule has 0 saturated carbocycles. The molecule has 1 aliphatic heterocycles. The van der Waals surface area contributed by atoms with E-state index in [1.165, 1.54) is 14.2 Å². The van der Waals surface area contributed by atoms with Gasteiger partial charge in [0.25, 0.3) is 5.91 Å². The first kappa shape index (κ1) is 20.7. The average molecular weight is 408 g/mol. The highest BCUT2D eigenvalue weighted by molar-refractivity contribution is 6.10. The molecule has 1 heterocycles. The maximum atomic E-state index is 12.9. The van der Waals surface area contributed by atoms with Crippen molar-refractivity contribution in [3.63, 3.8) is 0 Å². The topological polar surface area (TPSA) is 121 Å². The second kappa shape index (κ2) is 8.13. The van der Waals surface area contributed by atoms with Crippen LogP contribution >= 0.6 is 0 Å². The second-order valence-electron chi connectivity index (χ2n) is 6.75. The van der Waals surface area contributed by atoms with Gasteiger partial charge in [0.2, 0.25) is 5.91 Å². The summed E-state index contributed by atoms with van der Waals surface area (Å²) < 4.78 is 10.3. The highest BCUT2D eigenvalue weighted by atomic mass is 16.5. The molecule has 30 heavy (non-hydrogen) atoms. The van der Waals surface area contributed by atoms with Crippen LogP contribution in [0, 0.1) is 11.3 Å². The van der Waals surface area contributed by atoms with Crippen molar-refractivity contribution in [2.75, 3.05) is 26.1 Å². The molecular formula is C21H20N4O5. The molecule has 2 aromatic rings. The quantitative estimate of drug-likeness (QED) is 0.705. The van der Waals surface area contributed by atoms with Crippen LogP contribution < -0.4 is 20.1 Å². The van der Waals surface area contributed by atoms with Crippen LogP contribution in [0.3, 0.4) is 0 Å². The van der Waals surface area contributed by atoms with Crippen LogP contribution in [0.1, 0.15) is 18.1 Å². The molecule has 1 saturated heterocycles. The van der Waals surface area contributed by atoms with Crippen LogP contribution in [0.15, 0.2) is 42.5 Å². The number of methoxy groups -OCH3 is 2. The maximum absolute atomic E-state index is 12.9. The van der Waals surface area contributed by atoms with E-state index in [4.69, 9.17) is 14.7 Å². The summed E-state index contributed by atoms with van der Waals surface area (Å²) in [4.78, 5) is 38.7. The second-order valence-corrected chi connectivity index (χ2v) is 6.75. The molecule has 1 unspecified atom stereocenters. The summed E-state index contributed by atoms with van der Waals surface area (Å²) in [5.74, 6) is -0.195. The molecular weight excluding hydrogens is 388 g/mol. The van der Waals surface area contributed by atoms with Gasteiger partial charge >= 0.3 is 6.03 Å². The summed E-state index contributed by atoms with van der Waals surface area (Å²) in [6.45, 7) is 1.09. The molecule has 2 N–H and O–H groups in total. The smallest absolute Gasteiger partial charge is 0.325 e. The number of benzene rings is 2. The van der Waals surface area contributed by atoms with Gasteiger partial charge in [0.1, 0.15) is 23.6 Å². The molecule has 0 radical (unpaired) electrons. The van der Waals surface area contributed by atoms with Crippen molar-refractivity contribution in [1.82, 2.24) is 10.2 Å². The van der Waals surface area contributed by atoms with Gasteiger partial charge < -0.3 is 20.1 Å². The fourth-order valence-corrected chi connectivity index (χ4v) is 3.15. The lowest BCUT2D eigenvalue weighted by atomic mass is 9.91. The first-order valence-corrected chi connectivity index (χ1v) is 8.99. The zero-order valence-electron chi connectivity index (χ0n) is 16.7. The van der Waals surface area contributed by atoms with Crippen molar-refractivity contribution in [1.29, 1.82) is 5.26 Å². The van der Waals surface area contributed by atoms with E-state index in [1.807, 2.05) is 6.07 Å². The Balaban J connectivity index is 1.75. The minimum absolute atomic E-state index is 0.377. The third-order valence-corrected chi connectivity index (χ3v) is 4.85. The number of amides is 4. The Morgan fingerprint density at radius 1 is 1.17 bits per heavy atom. The zero-order chi connectivity index (χ0) is 21.9. The van der Waals surface area contributed by atoms with Crippen LogP contribution in [0.25, 0.3) is 0 Å². The van der Waals surface area contributed by atoms with E-state index in [1.54, 1.807) is 49.4 Å². The van der Waals surface area contributed by atoms with Crippen molar-refractivity contribution in [2.45, 2.75) is 12.5 Å². The fourth-order valence-electron chi connectivity index (χ4n) is 3.15. The SMILES string of the molecule is COc1ccc(NC(=O)CN2C(=O)NC(C)(c3ccc(C#N)cc3)C2=O)c(OC)c1. The van der Waals surface area contributed by atoms with Gasteiger partial charge in [0.15, 0.2) is 0 Å². The predicted octanol–water partition coefficient (Wildman–Crippen LogP) is 1.98. The van der Waals surface area contributed by atoms with E-state index in [2.05, 4.69) is 10.6 Å². The van der Waals surface area contributed by atoms with Gasteiger partial charge in [-0.2, -0.15) is 5.26 Å². The first-order chi connectivity index (χ1) is 14.3. The van der Waals surface area contributed by atoms with Gasteiger partial charge in [-0.05, 0) is 36.8 Å². The molecule has 4 amide bonds. The molecule has 3 rings (SSSR count). The standard InChI is InChI=1S/C21H20N4O5/c1-21(14-6-4-13(11-22)5-7-14)19(27)25(20(28)24-21)12-18(26)23-16-9-8-15(29-2)10-17(16)30-3/h4-10H,12H2,1-3H3,(H,23,26)(H,24,28). The Hall–Kier alpha value is -4.06. The molecule has 0 bridgehead atoms. The van der Waals surface area contributed by atoms with Crippen LogP contribution in [0.2, 0.25) is 0 Å². The van der Waals surface area contributed by atoms with Gasteiger partial charge in [-0.3, -0.25) is 14.5 Å². The molecule has 9 nitrogen and oxygen atoms in total. The molecule has 0 aromatic heterocycles. The van der Waals surface area contributed by atoms with Gasteiger partial charge in [-0.15, -0.1) is 0 Å². The van der Waals surface area contributed by atoms with E-state index in [0.717, 1.165) is 4.90 Å². The van der Waals surface area contributed by atoms with Crippen molar-refractivity contribution < 1.29 is 23.9 Å². The maximum Gasteiger partial charge on any atom is 0.325 e. The van der Waals surface area contributed by atoms with E-state index in [9.17, 15) is 14.4 Å². The van der Waals surface area contributed by atoms with E-state index in [0.29, 0.717) is 28.3 Å². The Bertz CT molecular complexity index is 1040. The Morgan fingerprint density at radius 2 is 1.87 bits per heavy atom. The minimum Gasteiger partial charge on any atom is -0.497 e. The summed E-state index contributed by atoms with van der Waals surface area (Å²) in [6, 6.07) is 12.5. The molecule has 1 fully saturated rings. The van der Waals surface area contributed by atoms with E-state index in [-0.39, 0.29) is 0 Å². The number of rotatable bonds is 6. The number of nitriles is 1. The third-order valence-electron chi connectivity index (χ3n) is 4.85. The summed E-state index contributed by atoms with van der Waals surface area (Å²) in [5.41, 5.74) is -0.00281. The molecule has 0 aliphatic carbocycles. The number of imide groups is 1. The van der Waals surface area contributed by atoms with Gasteiger partial charge in [0.05, 0.1) is 31.5 Å². The molecule has 1 atom stereocenters. The highest BCUT2D eigenvalue weighted by Crippen LogP contribution is 2.30. The summed E-state index contributed by atoms with van der Waals surface area (Å²) in [6.07, 6.45) is 0. The first-order valence-electron chi connectivity index (χ1n) is 8.99. The lowest BCUT2D eigenvalue weighted by Gasteiger charge is -2.22. The number of urea groups is 1. The molecule has 0 spiro atoms. The number of hydrogen-bond acceptors (Lipinski definition) is 6. The van der Waals surface area contributed by atoms with Gasteiger partial charge in [-0.1, -0.05) is 12.1 Å². The molecule has 2 aromatic carbocycles. The molecule has 1 aliphatic rings. The van der Waals surface area contributed by atoms with Crippen LogP contribution in [-0.2, 0) is 15.1 Å². The number of ether oxygens (including phenoxy) is 2. The number of anilines is 1. The molecule has 154 valence electrons. The van der Waals surface area contributed by atoms with Crippen molar-refractivity contribution in [3.05, 3.63) is 53.6 Å². The zero-order valence-corrected chi connectivity index (χ0v) is 16.7. The van der Waals surface area contributed by atoms with E-state index >= 15 is 0 Å². The molecule has 9 heteroatoms. The van der Waals surface area contributed by atoms with Crippen LogP contribution in [0.4, 0.5) is 10.5 Å². The summed E-state index contributed by atoms with van der Waals surface area (Å²) in [5, 5.41) is 14.2. The van der Waals surface area contributed by atoms with Crippen molar-refractivity contribution in [3.8, 4) is 17.6 Å². The minimum atomic E-state index is -1.33. The number of hydrogen-bond donors (Lipinski definition) is 2. The monoisotopic (exact) mass is 408 g/mol. The summed E-state index contributed by atoms with van der Waals surface area (Å²) >= 11 is 0. The van der Waals surface area contributed by atoms with Crippen molar-refractivity contribution in [2.24, 2.45) is 0 Å². The predicted molar refractivity (Wildman–Crippen MR) is 107 cm³/mol. The largest absolute Gasteiger partial charge is 0.497 e. The van der Waals surface area contributed by atoms with E-state index < -0.39 is 29.9 Å². The Morgan fingerprint density at radius 3 is 2.47 bits per heavy atom. The van der Waals surface area contributed by atoms with Gasteiger partial charge in [0, 0.05) is 6.07 Å². The number of nitrogens with zero attached hydrogens (tertiary/aromatic N) is 2. The van der Waals surface area contributed by atoms with Crippen LogP contribution in [0.5, 0.6) is 11.5 Å². The Labute approximate surface area is 173 Å². The fraction of sp³-hybridized carbons (Fsp3) is 0.238. The lowest BCUT2D eigenvalue weighted by Crippen LogP contribution is -2.42. The summed E-state index contributed by atoms with van der Waals surface area (Å²) in [7, 11) is 2.96. The highest BCUT2D eigenvalue weighted by Gasteiger charge is 2.49. The third kappa shape index (κ3) is 3.75. The lowest BCUT2D eigenvalue weighted by molar-refractivity contribution is -0.133. The van der Waals surface area contributed by atoms with Crippen LogP contribution in [-0.4, -0.2) is 43.5 Å². The van der Waals surface area contributed by atoms with Crippen molar-refractivity contribution >= 4 is 23.5 Å². The van der Waals surface area contributed by atoms with Gasteiger partial charge in [-0.25, -0.2) is 4.79 Å². The average Bonchev–Trinajstić information content (AvgIpc) is 2.97. The number of carbonyl (C=O) groups excluding carboxylic acids is 3. The normalized spacial score (nSPS) is 17.9. The number of nitrogens with one attached hydrogen (secondary N) is 2.